The van der Waals surface area contributed by atoms with Crippen LogP contribution < -0.4 is 0 Å². The molecule has 1 aromatic heterocycles. The Labute approximate surface area is 110 Å². The van der Waals surface area contributed by atoms with E-state index >= 15 is 0 Å². The van der Waals surface area contributed by atoms with Gasteiger partial charge in [0.15, 0.2) is 0 Å². The number of fused-ring (bicyclic) bond motifs is 2. The molecule has 0 bridgehead atoms. The Balaban J connectivity index is 0.000000122. The molecule has 1 heterocycles. The van der Waals surface area contributed by atoms with Crippen LogP contribution in [0, 0.1) is 5.95 Å². The van der Waals surface area contributed by atoms with E-state index in [1.165, 1.54) is 11.1 Å². The minimum Gasteiger partial charge on any atom is -0.250 e. The Kier molecular flexibility index (Phi) is 3.02. The van der Waals surface area contributed by atoms with Crippen molar-refractivity contribution in [3.63, 3.8) is 0 Å². The summed E-state index contributed by atoms with van der Waals surface area (Å²) in [6.07, 6.45) is 13.7. The first-order valence-electron chi connectivity index (χ1n) is 5.97. The van der Waals surface area contributed by atoms with Crippen molar-refractivity contribution in [2.24, 2.45) is 0 Å². The molecule has 3 heteroatoms. The van der Waals surface area contributed by atoms with Crippen LogP contribution in [0.4, 0.5) is 4.39 Å². The number of halogens is 1. The molecule has 0 aliphatic heterocycles. The maximum Gasteiger partial charge on any atom is 0.231 e. The first-order chi connectivity index (χ1) is 9.33. The molecule has 2 nitrogen and oxygen atoms in total. The van der Waals surface area contributed by atoms with E-state index in [0.29, 0.717) is 11.0 Å². The van der Waals surface area contributed by atoms with Gasteiger partial charge in [-0.3, -0.25) is 0 Å². The highest BCUT2D eigenvalue weighted by Crippen LogP contribution is 2.23. The summed E-state index contributed by atoms with van der Waals surface area (Å²) in [6, 6.07) is 7.17. The number of benzene rings is 1. The highest BCUT2D eigenvalue weighted by atomic mass is 19.1. The fourth-order valence-electron chi connectivity index (χ4n) is 1.94. The summed E-state index contributed by atoms with van der Waals surface area (Å²) in [4.78, 5) is 7.49. The highest BCUT2D eigenvalue weighted by molar-refractivity contribution is 5.73. The van der Waals surface area contributed by atoms with Gasteiger partial charge < -0.3 is 0 Å². The average molecular weight is 250 g/mol. The molecule has 2 aliphatic rings. The molecule has 0 atom stereocenters. The smallest absolute Gasteiger partial charge is 0.231 e. The topological polar surface area (TPSA) is 25.8 Å². The number of aromatic nitrogens is 2. The Hall–Kier alpha value is -2.55. The third kappa shape index (κ3) is 2.50. The van der Waals surface area contributed by atoms with E-state index in [1.807, 2.05) is 6.07 Å². The fraction of sp³-hybridized carbons (Fsp3) is 0. The number of nitrogens with zero attached hydrogens (tertiary/aromatic N) is 2. The molecule has 2 aromatic rings. The van der Waals surface area contributed by atoms with Crippen LogP contribution in [0.15, 0.2) is 78.1 Å². The minimum atomic E-state index is -0.538. The molecule has 19 heavy (non-hydrogen) atoms. The Morgan fingerprint density at radius 2 is 1.47 bits per heavy atom. The molecule has 0 N–H and O–H groups in total. The molecule has 0 radical (unpaired) electrons. The molecule has 2 aliphatic carbocycles. The highest BCUT2D eigenvalue weighted by Gasteiger charge is 2.04. The second-order valence-corrected chi connectivity index (χ2v) is 4.14. The van der Waals surface area contributed by atoms with Crippen LogP contribution in [0.25, 0.3) is 11.0 Å². The summed E-state index contributed by atoms with van der Waals surface area (Å²) in [5.74, 6) is -0.538. The van der Waals surface area contributed by atoms with Gasteiger partial charge in [-0.1, -0.05) is 48.6 Å². The van der Waals surface area contributed by atoms with Crippen LogP contribution >= 0.6 is 0 Å². The SMILES string of the molecule is C1=CC2=CC=CC2=C1.Fc1cnc2ccccc2n1. The van der Waals surface area contributed by atoms with Crippen molar-refractivity contribution in [3.8, 4) is 0 Å². The number of para-hydroxylation sites is 2. The maximum atomic E-state index is 12.5. The molecule has 0 saturated carbocycles. The van der Waals surface area contributed by atoms with Gasteiger partial charge in [-0.15, -0.1) is 0 Å². The van der Waals surface area contributed by atoms with Crippen LogP contribution in [0.5, 0.6) is 0 Å². The van der Waals surface area contributed by atoms with E-state index in [1.54, 1.807) is 18.2 Å². The van der Waals surface area contributed by atoms with Gasteiger partial charge in [0.1, 0.15) is 0 Å². The molecule has 0 saturated heterocycles. The summed E-state index contributed by atoms with van der Waals surface area (Å²) in [6.45, 7) is 0. The third-order valence-electron chi connectivity index (χ3n) is 2.86. The predicted molar refractivity (Wildman–Crippen MR) is 73.9 cm³/mol. The molecular weight excluding hydrogens is 239 g/mol. The van der Waals surface area contributed by atoms with Gasteiger partial charge in [0.05, 0.1) is 17.2 Å². The van der Waals surface area contributed by atoms with Crippen molar-refractivity contribution in [2.75, 3.05) is 0 Å². The molecule has 92 valence electrons. The summed E-state index contributed by atoms with van der Waals surface area (Å²) in [5, 5.41) is 0. The molecule has 4 rings (SSSR count). The van der Waals surface area contributed by atoms with Crippen molar-refractivity contribution >= 4 is 11.0 Å². The number of allylic oxidation sites excluding steroid dienone is 8. The second-order valence-electron chi connectivity index (χ2n) is 4.14. The lowest BCUT2D eigenvalue weighted by Gasteiger charge is -1.92. The van der Waals surface area contributed by atoms with E-state index < -0.39 is 5.95 Å². The van der Waals surface area contributed by atoms with Gasteiger partial charge in [-0.05, 0) is 23.3 Å². The third-order valence-corrected chi connectivity index (χ3v) is 2.86. The zero-order valence-corrected chi connectivity index (χ0v) is 10.1. The second kappa shape index (κ2) is 4.98. The van der Waals surface area contributed by atoms with E-state index in [9.17, 15) is 4.39 Å². The zero-order chi connectivity index (χ0) is 13.1. The van der Waals surface area contributed by atoms with Crippen LogP contribution in [0.3, 0.4) is 0 Å². The first-order valence-corrected chi connectivity index (χ1v) is 5.97. The van der Waals surface area contributed by atoms with E-state index in [0.717, 1.165) is 6.20 Å². The normalized spacial score (nSPS) is 14.8. The first kappa shape index (κ1) is 11.5. The molecule has 0 fully saturated rings. The van der Waals surface area contributed by atoms with Crippen molar-refractivity contribution in [1.29, 1.82) is 0 Å². The summed E-state index contributed by atoms with van der Waals surface area (Å²) in [5.41, 5.74) is 4.01. The van der Waals surface area contributed by atoms with E-state index in [4.69, 9.17) is 0 Å². The molecular formula is C16H11FN2. The molecule has 0 unspecified atom stereocenters. The number of hydrogen-bond donors (Lipinski definition) is 0. The monoisotopic (exact) mass is 250 g/mol. The van der Waals surface area contributed by atoms with Gasteiger partial charge in [-0.2, -0.15) is 4.39 Å². The van der Waals surface area contributed by atoms with Gasteiger partial charge >= 0.3 is 0 Å². The molecule has 0 amide bonds. The van der Waals surface area contributed by atoms with Crippen molar-refractivity contribution in [1.82, 2.24) is 9.97 Å². The predicted octanol–water partition coefficient (Wildman–Crippen LogP) is 3.75. The molecule has 1 aromatic carbocycles. The van der Waals surface area contributed by atoms with Crippen LogP contribution in [-0.4, -0.2) is 9.97 Å². The van der Waals surface area contributed by atoms with Crippen LogP contribution in [0.2, 0.25) is 0 Å². The molecule has 0 spiro atoms. The van der Waals surface area contributed by atoms with Crippen LogP contribution in [0.1, 0.15) is 0 Å². The van der Waals surface area contributed by atoms with Gasteiger partial charge in [0.2, 0.25) is 5.95 Å². The lowest BCUT2D eigenvalue weighted by atomic mass is 10.2. The lowest BCUT2D eigenvalue weighted by molar-refractivity contribution is 0.583. The van der Waals surface area contributed by atoms with Crippen molar-refractivity contribution < 1.29 is 4.39 Å². The van der Waals surface area contributed by atoms with E-state index in [2.05, 4.69) is 46.4 Å². The maximum absolute atomic E-state index is 12.5. The van der Waals surface area contributed by atoms with Gasteiger partial charge in [0.25, 0.3) is 0 Å². The van der Waals surface area contributed by atoms with Gasteiger partial charge in [-0.25, -0.2) is 9.97 Å². The number of hydrogen-bond acceptors (Lipinski definition) is 2. The fourth-order valence-corrected chi connectivity index (χ4v) is 1.94. The Morgan fingerprint density at radius 3 is 2.16 bits per heavy atom. The summed E-state index contributed by atoms with van der Waals surface area (Å²) >= 11 is 0. The lowest BCUT2D eigenvalue weighted by Crippen LogP contribution is -1.86. The standard InChI is InChI=1S/C8H5FN2.C8H6/c9-8-5-10-6-3-1-2-4-7(6)11-8;1-3-7-5-2-6-8(7)4-1/h1-5H;1-6H. The Bertz CT molecular complexity index is 713. The Morgan fingerprint density at radius 1 is 0.842 bits per heavy atom. The van der Waals surface area contributed by atoms with Crippen LogP contribution in [-0.2, 0) is 0 Å². The largest absolute Gasteiger partial charge is 0.250 e. The number of rotatable bonds is 0. The quantitative estimate of drug-likeness (QED) is 0.711. The minimum absolute atomic E-state index is 0.538. The van der Waals surface area contributed by atoms with Crippen molar-refractivity contribution in [3.05, 3.63) is 84.0 Å². The summed E-state index contributed by atoms with van der Waals surface area (Å²) in [7, 11) is 0. The zero-order valence-electron chi connectivity index (χ0n) is 10.1. The van der Waals surface area contributed by atoms with E-state index in [-0.39, 0.29) is 0 Å². The summed E-state index contributed by atoms with van der Waals surface area (Å²) < 4.78 is 12.5. The van der Waals surface area contributed by atoms with Gasteiger partial charge in [0, 0.05) is 0 Å². The van der Waals surface area contributed by atoms with Crippen molar-refractivity contribution in [2.45, 2.75) is 0 Å². The average Bonchev–Trinajstić information content (AvgIpc) is 3.02.